The number of rotatable bonds is 8. The number of phenols is 1. The van der Waals surface area contributed by atoms with Gasteiger partial charge in [-0.1, -0.05) is 0 Å². The second-order valence-corrected chi connectivity index (χ2v) is 6.52. The van der Waals surface area contributed by atoms with E-state index in [0.29, 0.717) is 24.7 Å². The van der Waals surface area contributed by atoms with Crippen LogP contribution in [0.25, 0.3) is 0 Å². The van der Waals surface area contributed by atoms with E-state index >= 15 is 0 Å². The SMILES string of the molecule is Nc1ccc(SCCOCCSc2ccc(O)cc2)nc1. The number of phenolic OH excluding ortho intramolecular Hbond substituents is 1. The third-order valence-corrected chi connectivity index (χ3v) is 4.45. The summed E-state index contributed by atoms with van der Waals surface area (Å²) >= 11 is 3.37. The Bertz CT molecular complexity index is 483. The van der Waals surface area contributed by atoms with Gasteiger partial charge in [0.25, 0.3) is 0 Å². The number of anilines is 1. The highest BCUT2D eigenvalue weighted by Crippen LogP contribution is 2.20. The largest absolute Gasteiger partial charge is 0.508 e. The first-order valence-electron chi connectivity index (χ1n) is 6.58. The smallest absolute Gasteiger partial charge is 0.115 e. The van der Waals surface area contributed by atoms with E-state index in [-0.39, 0.29) is 0 Å². The van der Waals surface area contributed by atoms with E-state index in [4.69, 9.17) is 10.5 Å². The Hall–Kier alpha value is -1.37. The highest BCUT2D eigenvalue weighted by atomic mass is 32.2. The first kappa shape index (κ1) is 16.0. The molecular formula is C15H18N2O2S2. The van der Waals surface area contributed by atoms with Gasteiger partial charge >= 0.3 is 0 Å². The van der Waals surface area contributed by atoms with Crippen molar-refractivity contribution in [2.45, 2.75) is 9.92 Å². The van der Waals surface area contributed by atoms with Crippen molar-refractivity contribution >= 4 is 29.2 Å². The molecular weight excluding hydrogens is 304 g/mol. The van der Waals surface area contributed by atoms with Gasteiger partial charge in [-0.25, -0.2) is 4.98 Å². The molecule has 1 heterocycles. The molecule has 0 atom stereocenters. The van der Waals surface area contributed by atoms with Gasteiger partial charge in [-0.3, -0.25) is 0 Å². The number of pyridine rings is 1. The predicted octanol–water partition coefficient (Wildman–Crippen LogP) is 3.27. The fourth-order valence-electron chi connectivity index (χ4n) is 1.55. The normalized spacial score (nSPS) is 10.7. The van der Waals surface area contributed by atoms with Crippen LogP contribution in [0.15, 0.2) is 52.5 Å². The summed E-state index contributed by atoms with van der Waals surface area (Å²) in [6.07, 6.45) is 1.66. The molecule has 0 fully saturated rings. The van der Waals surface area contributed by atoms with Gasteiger partial charge in [-0.2, -0.15) is 0 Å². The van der Waals surface area contributed by atoms with E-state index < -0.39 is 0 Å². The van der Waals surface area contributed by atoms with Crippen molar-refractivity contribution in [3.63, 3.8) is 0 Å². The predicted molar refractivity (Wildman–Crippen MR) is 89.0 cm³/mol. The summed E-state index contributed by atoms with van der Waals surface area (Å²) in [5.74, 6) is 2.07. The number of nitrogens with two attached hydrogens (primary N) is 1. The Morgan fingerprint density at radius 2 is 1.71 bits per heavy atom. The number of ether oxygens (including phenoxy) is 1. The van der Waals surface area contributed by atoms with Crippen molar-refractivity contribution in [1.29, 1.82) is 0 Å². The third-order valence-electron chi connectivity index (χ3n) is 2.57. The van der Waals surface area contributed by atoms with Gasteiger partial charge in [0, 0.05) is 16.4 Å². The van der Waals surface area contributed by atoms with E-state index in [1.807, 2.05) is 24.3 Å². The summed E-state index contributed by atoms with van der Waals surface area (Å²) < 4.78 is 5.58. The molecule has 4 nitrogen and oxygen atoms in total. The summed E-state index contributed by atoms with van der Waals surface area (Å²) in [7, 11) is 0. The summed E-state index contributed by atoms with van der Waals surface area (Å²) in [6.45, 7) is 1.41. The molecule has 0 aliphatic rings. The van der Waals surface area contributed by atoms with Crippen LogP contribution < -0.4 is 5.73 Å². The summed E-state index contributed by atoms with van der Waals surface area (Å²) in [4.78, 5) is 5.35. The maximum Gasteiger partial charge on any atom is 0.115 e. The zero-order valence-corrected chi connectivity index (χ0v) is 13.2. The monoisotopic (exact) mass is 322 g/mol. The van der Waals surface area contributed by atoms with Crippen molar-refractivity contribution in [3.8, 4) is 5.75 Å². The fourth-order valence-corrected chi connectivity index (χ4v) is 3.01. The molecule has 2 rings (SSSR count). The first-order valence-corrected chi connectivity index (χ1v) is 8.55. The van der Waals surface area contributed by atoms with Crippen molar-refractivity contribution in [2.75, 3.05) is 30.5 Å². The minimum atomic E-state index is 0.295. The Morgan fingerprint density at radius 3 is 2.38 bits per heavy atom. The number of hydrogen-bond donors (Lipinski definition) is 2. The maximum atomic E-state index is 9.19. The number of nitrogens with zero attached hydrogens (tertiary/aromatic N) is 1. The van der Waals surface area contributed by atoms with Gasteiger partial charge in [0.15, 0.2) is 0 Å². The van der Waals surface area contributed by atoms with Crippen LogP contribution in [0.2, 0.25) is 0 Å². The first-order chi connectivity index (χ1) is 10.2. The molecule has 0 aliphatic carbocycles. The van der Waals surface area contributed by atoms with Gasteiger partial charge < -0.3 is 15.6 Å². The molecule has 0 unspecified atom stereocenters. The molecule has 1 aromatic heterocycles. The zero-order chi connectivity index (χ0) is 14.9. The van der Waals surface area contributed by atoms with Gasteiger partial charge in [-0.15, -0.1) is 23.5 Å². The lowest BCUT2D eigenvalue weighted by molar-refractivity contribution is 0.167. The van der Waals surface area contributed by atoms with Crippen molar-refractivity contribution in [2.24, 2.45) is 0 Å². The quantitative estimate of drug-likeness (QED) is 0.574. The molecule has 0 bridgehead atoms. The minimum Gasteiger partial charge on any atom is -0.508 e. The molecule has 112 valence electrons. The highest BCUT2D eigenvalue weighted by molar-refractivity contribution is 7.99. The van der Waals surface area contributed by atoms with Gasteiger partial charge in [0.2, 0.25) is 0 Å². The highest BCUT2D eigenvalue weighted by Gasteiger charge is 1.97. The summed E-state index contributed by atoms with van der Waals surface area (Å²) in [6, 6.07) is 11.0. The van der Waals surface area contributed by atoms with Crippen molar-refractivity contribution < 1.29 is 9.84 Å². The van der Waals surface area contributed by atoms with Crippen LogP contribution in [0, 0.1) is 0 Å². The number of nitrogen functional groups attached to an aromatic ring is 1. The Balaban J connectivity index is 1.52. The molecule has 0 amide bonds. The molecule has 6 heteroatoms. The zero-order valence-electron chi connectivity index (χ0n) is 11.6. The summed E-state index contributed by atoms with van der Waals surface area (Å²) in [5.41, 5.74) is 6.26. The van der Waals surface area contributed by atoms with Crippen LogP contribution in [0.4, 0.5) is 5.69 Å². The maximum absolute atomic E-state index is 9.19. The van der Waals surface area contributed by atoms with E-state index in [9.17, 15) is 5.11 Å². The van der Waals surface area contributed by atoms with Gasteiger partial charge in [-0.05, 0) is 36.4 Å². The Morgan fingerprint density at radius 1 is 1.00 bits per heavy atom. The van der Waals surface area contributed by atoms with Crippen LogP contribution in [-0.4, -0.2) is 34.8 Å². The Kier molecular flexibility index (Phi) is 6.72. The topological polar surface area (TPSA) is 68.4 Å². The molecule has 0 radical (unpaired) electrons. The minimum absolute atomic E-state index is 0.295. The van der Waals surface area contributed by atoms with Crippen LogP contribution in [0.1, 0.15) is 0 Å². The number of hydrogen-bond acceptors (Lipinski definition) is 6. The van der Waals surface area contributed by atoms with Crippen LogP contribution in [0.5, 0.6) is 5.75 Å². The molecule has 21 heavy (non-hydrogen) atoms. The lowest BCUT2D eigenvalue weighted by atomic mass is 10.3. The van der Waals surface area contributed by atoms with Crippen LogP contribution in [0.3, 0.4) is 0 Å². The third kappa shape index (κ3) is 6.29. The lowest BCUT2D eigenvalue weighted by Gasteiger charge is -2.04. The second kappa shape index (κ2) is 8.81. The average Bonchev–Trinajstić information content (AvgIpc) is 2.50. The van der Waals surface area contributed by atoms with E-state index in [2.05, 4.69) is 4.98 Å². The van der Waals surface area contributed by atoms with E-state index in [1.165, 1.54) is 0 Å². The van der Waals surface area contributed by atoms with E-state index in [0.717, 1.165) is 21.4 Å². The van der Waals surface area contributed by atoms with Crippen LogP contribution >= 0.6 is 23.5 Å². The second-order valence-electron chi connectivity index (χ2n) is 4.23. The van der Waals surface area contributed by atoms with Gasteiger partial charge in [0.05, 0.1) is 30.1 Å². The van der Waals surface area contributed by atoms with Crippen LogP contribution in [-0.2, 0) is 4.74 Å². The average molecular weight is 322 g/mol. The number of benzene rings is 1. The van der Waals surface area contributed by atoms with Crippen molar-refractivity contribution in [3.05, 3.63) is 42.6 Å². The molecule has 3 N–H and O–H groups in total. The lowest BCUT2D eigenvalue weighted by Crippen LogP contribution is -2.01. The van der Waals surface area contributed by atoms with E-state index in [1.54, 1.807) is 41.9 Å². The molecule has 2 aromatic rings. The number of thioether (sulfide) groups is 2. The molecule has 0 saturated carbocycles. The van der Waals surface area contributed by atoms with Gasteiger partial charge in [0.1, 0.15) is 5.75 Å². The van der Waals surface area contributed by atoms with Crippen molar-refractivity contribution in [1.82, 2.24) is 4.98 Å². The fraction of sp³-hybridized carbons (Fsp3) is 0.267. The molecule has 0 aliphatic heterocycles. The molecule has 0 saturated heterocycles. The molecule has 0 spiro atoms. The number of aromatic hydroxyl groups is 1. The molecule has 1 aromatic carbocycles. The standard InChI is InChI=1S/C15H18N2O2S2/c16-12-1-6-15(17-11-12)21-10-8-19-7-9-20-14-4-2-13(18)3-5-14/h1-6,11,18H,7-10,16H2. The Labute approximate surface area is 133 Å². The summed E-state index contributed by atoms with van der Waals surface area (Å²) in [5, 5.41) is 10.2. The number of aromatic nitrogens is 1.